The van der Waals surface area contributed by atoms with Crippen molar-refractivity contribution in [1.29, 1.82) is 0 Å². The summed E-state index contributed by atoms with van der Waals surface area (Å²) in [6, 6.07) is 4.91. The molecule has 4 rings (SSSR count). The number of nitrogens with zero attached hydrogens (tertiary/aromatic N) is 2. The molecule has 2 aliphatic heterocycles. The van der Waals surface area contributed by atoms with Crippen molar-refractivity contribution >= 4 is 34.1 Å². The summed E-state index contributed by atoms with van der Waals surface area (Å²) in [5.74, 6) is -1.03. The highest BCUT2D eigenvalue weighted by Crippen LogP contribution is 2.33. The number of halogens is 1. The molecule has 1 aromatic heterocycles. The second-order valence-corrected chi connectivity index (χ2v) is 7.92. The fourth-order valence-corrected chi connectivity index (χ4v) is 4.35. The van der Waals surface area contributed by atoms with Crippen LogP contribution >= 0.6 is 11.3 Å². The summed E-state index contributed by atoms with van der Waals surface area (Å²) < 4.78 is 24.3. The quantitative estimate of drug-likeness (QED) is 0.795. The lowest BCUT2D eigenvalue weighted by Crippen LogP contribution is -2.47. The maximum atomic E-state index is 12.9. The van der Waals surface area contributed by atoms with Crippen molar-refractivity contribution in [3.8, 4) is 0 Å². The van der Waals surface area contributed by atoms with Gasteiger partial charge in [0.1, 0.15) is 10.7 Å². The Balaban J connectivity index is 1.36. The van der Waals surface area contributed by atoms with Crippen molar-refractivity contribution in [2.75, 3.05) is 36.9 Å². The van der Waals surface area contributed by atoms with Crippen molar-refractivity contribution < 1.29 is 23.5 Å². The molecule has 0 radical (unpaired) electrons. The summed E-state index contributed by atoms with van der Waals surface area (Å²) in [6.07, 6.45) is 1.28. The van der Waals surface area contributed by atoms with E-state index >= 15 is 0 Å². The van der Waals surface area contributed by atoms with Crippen LogP contribution in [0, 0.1) is 12.7 Å². The molecule has 29 heavy (non-hydrogen) atoms. The summed E-state index contributed by atoms with van der Waals surface area (Å²) in [7, 11) is 0. The molecule has 2 aliphatic rings. The highest BCUT2D eigenvalue weighted by molar-refractivity contribution is 7.17. The van der Waals surface area contributed by atoms with Crippen LogP contribution in [0.2, 0.25) is 0 Å². The van der Waals surface area contributed by atoms with E-state index in [0.717, 1.165) is 11.3 Å². The molecule has 154 valence electrons. The Bertz CT molecular complexity index is 901. The zero-order valence-corrected chi connectivity index (χ0v) is 16.7. The van der Waals surface area contributed by atoms with E-state index in [-0.39, 0.29) is 11.7 Å². The van der Waals surface area contributed by atoms with Gasteiger partial charge in [0.15, 0.2) is 10.9 Å². The number of nitrogens with one attached hydrogen (secondary N) is 2. The average Bonchev–Trinajstić information content (AvgIpc) is 3.30. The first-order chi connectivity index (χ1) is 13.9. The van der Waals surface area contributed by atoms with Crippen LogP contribution in [0.15, 0.2) is 24.3 Å². The number of amides is 3. The van der Waals surface area contributed by atoms with E-state index in [0.29, 0.717) is 60.5 Å². The average molecular weight is 420 g/mol. The Hall–Kier alpha value is -2.56. The molecule has 0 atom stereocenters. The fraction of sp³-hybridized carbons (Fsp3) is 0.421. The van der Waals surface area contributed by atoms with Gasteiger partial charge in [0.2, 0.25) is 0 Å². The highest BCUT2D eigenvalue weighted by Gasteiger charge is 2.41. The molecule has 10 heteroatoms. The number of aromatic nitrogens is 1. The van der Waals surface area contributed by atoms with E-state index in [1.165, 1.54) is 24.3 Å². The minimum absolute atomic E-state index is 0.111. The lowest BCUT2D eigenvalue weighted by atomic mass is 10.0. The van der Waals surface area contributed by atoms with Gasteiger partial charge in [-0.1, -0.05) is 11.3 Å². The first-order valence-corrected chi connectivity index (χ1v) is 10.1. The number of aryl methyl sites for hydroxylation is 1. The van der Waals surface area contributed by atoms with Gasteiger partial charge in [-0.15, -0.1) is 0 Å². The Morgan fingerprint density at radius 2 is 1.79 bits per heavy atom. The van der Waals surface area contributed by atoms with E-state index < -0.39 is 11.8 Å². The molecule has 0 unspecified atom stereocenters. The molecule has 2 N–H and O–H groups in total. The number of anilines is 2. The van der Waals surface area contributed by atoms with Crippen LogP contribution in [0.5, 0.6) is 0 Å². The highest BCUT2D eigenvalue weighted by atomic mass is 32.1. The topological polar surface area (TPSA) is 92.8 Å². The molecule has 0 saturated carbocycles. The van der Waals surface area contributed by atoms with Gasteiger partial charge >= 0.3 is 6.03 Å². The van der Waals surface area contributed by atoms with E-state index in [2.05, 4.69) is 15.6 Å². The maximum absolute atomic E-state index is 12.9. The molecule has 3 amide bonds. The van der Waals surface area contributed by atoms with Crippen LogP contribution in [0.3, 0.4) is 0 Å². The summed E-state index contributed by atoms with van der Waals surface area (Å²) in [5.41, 5.74) is 1.01. The number of hydrogen-bond acceptors (Lipinski definition) is 6. The van der Waals surface area contributed by atoms with Gasteiger partial charge in [-0.25, -0.2) is 14.2 Å². The van der Waals surface area contributed by atoms with Crippen LogP contribution in [0.4, 0.5) is 20.0 Å². The van der Waals surface area contributed by atoms with Crippen molar-refractivity contribution in [1.82, 2.24) is 9.88 Å². The molecular formula is C19H21FN4O4S. The number of hydrogen-bond donors (Lipinski definition) is 2. The summed E-state index contributed by atoms with van der Waals surface area (Å²) in [4.78, 5) is 31.6. The lowest BCUT2D eigenvalue weighted by molar-refractivity contribution is -0.181. The maximum Gasteiger partial charge on any atom is 0.325 e. The Morgan fingerprint density at radius 3 is 2.45 bits per heavy atom. The number of likely N-dealkylation sites (tertiary alicyclic amines) is 1. The van der Waals surface area contributed by atoms with Gasteiger partial charge in [-0.2, -0.15) is 0 Å². The Kier molecular flexibility index (Phi) is 5.48. The smallest absolute Gasteiger partial charge is 0.325 e. The van der Waals surface area contributed by atoms with Crippen LogP contribution in [0.25, 0.3) is 0 Å². The van der Waals surface area contributed by atoms with Crippen LogP contribution < -0.4 is 10.6 Å². The molecule has 2 saturated heterocycles. The zero-order valence-electron chi connectivity index (χ0n) is 15.9. The third-order valence-electron chi connectivity index (χ3n) is 4.94. The van der Waals surface area contributed by atoms with Crippen LogP contribution in [0.1, 0.15) is 28.2 Å². The Morgan fingerprint density at radius 1 is 1.14 bits per heavy atom. The van der Waals surface area contributed by atoms with Crippen molar-refractivity contribution in [2.45, 2.75) is 25.6 Å². The molecule has 1 spiro atoms. The molecule has 0 aliphatic carbocycles. The third-order valence-corrected chi connectivity index (χ3v) is 6.00. The van der Waals surface area contributed by atoms with Gasteiger partial charge in [-0.05, 0) is 31.2 Å². The summed E-state index contributed by atoms with van der Waals surface area (Å²) in [6.45, 7) is 4.02. The van der Waals surface area contributed by atoms with Crippen LogP contribution in [-0.2, 0) is 9.47 Å². The summed E-state index contributed by atoms with van der Waals surface area (Å²) in [5, 5.41) is 5.53. The lowest BCUT2D eigenvalue weighted by Gasteiger charge is -2.37. The number of urea groups is 1. The van der Waals surface area contributed by atoms with Crippen molar-refractivity contribution in [2.24, 2.45) is 0 Å². The number of ether oxygens (including phenoxy) is 2. The molecule has 3 heterocycles. The molecule has 0 bridgehead atoms. The molecule has 1 aromatic carbocycles. The number of carbonyl (C=O) groups is 2. The predicted octanol–water partition coefficient (Wildman–Crippen LogP) is 3.21. The van der Waals surface area contributed by atoms with E-state index in [4.69, 9.17) is 9.47 Å². The standard InChI is InChI=1S/C19H21FN4O4S/c1-12-15(16(25)24-8-6-19(7-9-24)27-10-11-28-19)29-18(21-12)23-17(26)22-14-4-2-13(20)3-5-14/h2-5H,6-11H2,1H3,(H2,21,22,23,26). The Labute approximate surface area is 171 Å². The molecular weight excluding hydrogens is 399 g/mol. The van der Waals surface area contributed by atoms with E-state index in [1.54, 1.807) is 11.8 Å². The van der Waals surface area contributed by atoms with Crippen LogP contribution in [-0.4, -0.2) is 53.9 Å². The molecule has 8 nitrogen and oxygen atoms in total. The number of benzene rings is 1. The minimum Gasteiger partial charge on any atom is -0.347 e. The molecule has 2 fully saturated rings. The SMILES string of the molecule is Cc1nc(NC(=O)Nc2ccc(F)cc2)sc1C(=O)N1CCC2(CC1)OCCO2. The van der Waals surface area contributed by atoms with Crippen molar-refractivity contribution in [3.05, 3.63) is 40.7 Å². The normalized spacial score (nSPS) is 18.1. The third kappa shape index (κ3) is 4.39. The first-order valence-electron chi connectivity index (χ1n) is 9.32. The largest absolute Gasteiger partial charge is 0.347 e. The second kappa shape index (κ2) is 8.05. The van der Waals surface area contributed by atoms with Gasteiger partial charge in [-0.3, -0.25) is 10.1 Å². The number of rotatable bonds is 3. The number of thiazole rings is 1. The predicted molar refractivity (Wildman–Crippen MR) is 106 cm³/mol. The monoisotopic (exact) mass is 420 g/mol. The summed E-state index contributed by atoms with van der Waals surface area (Å²) >= 11 is 1.13. The number of piperidine rings is 1. The van der Waals surface area contributed by atoms with Gasteiger partial charge in [0.25, 0.3) is 5.91 Å². The number of carbonyl (C=O) groups excluding carboxylic acids is 2. The van der Waals surface area contributed by atoms with Gasteiger partial charge < -0.3 is 19.7 Å². The molecule has 2 aromatic rings. The van der Waals surface area contributed by atoms with Crippen molar-refractivity contribution in [3.63, 3.8) is 0 Å². The van der Waals surface area contributed by atoms with E-state index in [9.17, 15) is 14.0 Å². The van der Waals surface area contributed by atoms with Gasteiger partial charge in [0.05, 0.1) is 18.9 Å². The van der Waals surface area contributed by atoms with Gasteiger partial charge in [0, 0.05) is 31.6 Å². The van der Waals surface area contributed by atoms with E-state index in [1.807, 2.05) is 0 Å². The minimum atomic E-state index is -0.537. The fourth-order valence-electron chi connectivity index (χ4n) is 3.42. The second-order valence-electron chi connectivity index (χ2n) is 6.92. The zero-order chi connectivity index (χ0) is 20.4. The first kappa shape index (κ1) is 19.7.